The van der Waals surface area contributed by atoms with E-state index < -0.39 is 10.0 Å². The number of nitrogens with one attached hydrogen (secondary N) is 2. The Hall–Kier alpha value is -2.81. The van der Waals surface area contributed by atoms with E-state index in [4.69, 9.17) is 4.74 Å². The van der Waals surface area contributed by atoms with Gasteiger partial charge < -0.3 is 14.1 Å². The first-order valence-electron chi connectivity index (χ1n) is 9.66. The number of rotatable bonds is 5. The van der Waals surface area contributed by atoms with Crippen molar-refractivity contribution in [2.24, 2.45) is 0 Å². The van der Waals surface area contributed by atoms with Crippen LogP contribution < -0.4 is 15.0 Å². The summed E-state index contributed by atoms with van der Waals surface area (Å²) in [5, 5.41) is 0. The molecule has 0 radical (unpaired) electrons. The molecule has 154 valence electrons. The molecule has 1 saturated carbocycles. The topological polar surface area (TPSA) is 106 Å². The molecule has 0 spiro atoms. The van der Waals surface area contributed by atoms with Crippen molar-refractivity contribution in [3.8, 4) is 17.1 Å². The summed E-state index contributed by atoms with van der Waals surface area (Å²) in [6.07, 6.45) is 11.4. The van der Waals surface area contributed by atoms with Crippen LogP contribution in [0.15, 0.2) is 35.5 Å². The molecular formula is C20H24N4O4S. The highest BCUT2D eigenvalue weighted by Gasteiger charge is 2.21. The molecule has 0 amide bonds. The van der Waals surface area contributed by atoms with Gasteiger partial charge in [-0.05, 0) is 50.3 Å². The zero-order valence-corrected chi connectivity index (χ0v) is 17.3. The van der Waals surface area contributed by atoms with E-state index in [0.29, 0.717) is 22.6 Å². The number of nitrogens with zero attached hydrogens (tertiary/aromatic N) is 2. The summed E-state index contributed by atoms with van der Waals surface area (Å²) in [5.41, 5.74) is 2.86. The van der Waals surface area contributed by atoms with Gasteiger partial charge in [-0.25, -0.2) is 13.4 Å². The van der Waals surface area contributed by atoms with Gasteiger partial charge in [0.15, 0.2) is 0 Å². The number of H-pyrrole nitrogens is 1. The molecule has 29 heavy (non-hydrogen) atoms. The van der Waals surface area contributed by atoms with E-state index in [1.165, 1.54) is 12.6 Å². The third kappa shape index (κ3) is 4.14. The molecule has 0 unspecified atom stereocenters. The van der Waals surface area contributed by atoms with Crippen molar-refractivity contribution < 1.29 is 13.2 Å². The Balaban J connectivity index is 1.85. The van der Waals surface area contributed by atoms with E-state index in [2.05, 4.69) is 14.7 Å². The highest BCUT2D eigenvalue weighted by Crippen LogP contribution is 2.35. The Morgan fingerprint density at radius 1 is 1.24 bits per heavy atom. The molecule has 0 bridgehead atoms. The third-order valence-electron chi connectivity index (χ3n) is 5.14. The fourth-order valence-corrected chi connectivity index (χ4v) is 4.44. The Bertz CT molecular complexity index is 1210. The number of pyridine rings is 1. The number of ether oxygens (including phenoxy) is 1. The van der Waals surface area contributed by atoms with Crippen LogP contribution in [0.1, 0.15) is 37.7 Å². The second-order valence-electron chi connectivity index (χ2n) is 7.55. The van der Waals surface area contributed by atoms with Gasteiger partial charge in [-0.3, -0.25) is 9.52 Å². The monoisotopic (exact) mass is 416 g/mol. The van der Waals surface area contributed by atoms with E-state index in [1.54, 1.807) is 22.9 Å². The number of anilines is 1. The van der Waals surface area contributed by atoms with Crippen LogP contribution in [0, 0.1) is 6.92 Å². The molecule has 4 rings (SSSR count). The maximum absolute atomic E-state index is 12.3. The summed E-state index contributed by atoms with van der Waals surface area (Å²) in [6.45, 7) is 1.86. The molecule has 8 nitrogen and oxygen atoms in total. The summed E-state index contributed by atoms with van der Waals surface area (Å²) >= 11 is 0. The number of sulfonamides is 1. The van der Waals surface area contributed by atoms with E-state index in [9.17, 15) is 13.2 Å². The number of hydrogen-bond donors (Lipinski definition) is 2. The quantitative estimate of drug-likeness (QED) is 0.665. The van der Waals surface area contributed by atoms with E-state index in [1.807, 2.05) is 13.0 Å². The zero-order chi connectivity index (χ0) is 20.6. The van der Waals surface area contributed by atoms with E-state index in [0.717, 1.165) is 43.2 Å². The predicted molar refractivity (Wildman–Crippen MR) is 112 cm³/mol. The number of aryl methyl sites for hydroxylation is 1. The first-order valence-corrected chi connectivity index (χ1v) is 11.6. The van der Waals surface area contributed by atoms with Gasteiger partial charge in [0.05, 0.1) is 29.4 Å². The molecule has 0 aromatic carbocycles. The molecule has 0 atom stereocenters. The lowest BCUT2D eigenvalue weighted by Crippen LogP contribution is -2.20. The molecule has 0 aliphatic heterocycles. The first-order chi connectivity index (χ1) is 13.8. The van der Waals surface area contributed by atoms with Crippen LogP contribution >= 0.6 is 0 Å². The fraction of sp³-hybridized carbons (Fsp3) is 0.400. The van der Waals surface area contributed by atoms with Gasteiger partial charge in [0.2, 0.25) is 15.9 Å². The van der Waals surface area contributed by atoms with Gasteiger partial charge in [0, 0.05) is 12.4 Å². The van der Waals surface area contributed by atoms with E-state index in [-0.39, 0.29) is 11.7 Å². The molecule has 1 aliphatic carbocycles. The van der Waals surface area contributed by atoms with Crippen LogP contribution in [0.2, 0.25) is 0 Å². The zero-order valence-electron chi connectivity index (χ0n) is 16.4. The lowest BCUT2D eigenvalue weighted by Gasteiger charge is -2.23. The summed E-state index contributed by atoms with van der Waals surface area (Å²) in [5.74, 6) is 0.440. The van der Waals surface area contributed by atoms with Crippen molar-refractivity contribution in [2.45, 2.75) is 45.1 Å². The molecule has 9 heteroatoms. The molecule has 1 fully saturated rings. The van der Waals surface area contributed by atoms with E-state index >= 15 is 0 Å². The summed E-state index contributed by atoms with van der Waals surface area (Å²) in [6, 6.07) is 3.59. The van der Waals surface area contributed by atoms with Gasteiger partial charge in [-0.15, -0.1) is 0 Å². The minimum Gasteiger partial charge on any atom is -0.474 e. The number of aromatic amines is 1. The molecule has 3 heterocycles. The van der Waals surface area contributed by atoms with Crippen LogP contribution in [0.5, 0.6) is 5.88 Å². The molecule has 3 aromatic heterocycles. The normalized spacial score (nSPS) is 15.5. The fourth-order valence-electron chi connectivity index (χ4n) is 3.90. The highest BCUT2D eigenvalue weighted by molar-refractivity contribution is 7.92. The SMILES string of the molecule is Cc1cc(-c2cc(NS(C)(=O)=O)cnc2OC2CCCCC2)n2cc[nH]c(=O)c12. The molecule has 3 aromatic rings. The van der Waals surface area contributed by atoms with Gasteiger partial charge >= 0.3 is 0 Å². The molecule has 2 N–H and O–H groups in total. The standard InChI is InChI=1S/C20H24N4O4S/c1-13-10-17(24-9-8-21-19(25)18(13)24)16-11-14(23-29(2,26)27)12-22-20(16)28-15-6-4-3-5-7-15/h8-12,15,23H,3-7H2,1-2H3,(H,21,25). The maximum atomic E-state index is 12.3. The van der Waals surface area contributed by atoms with Gasteiger partial charge in [0.25, 0.3) is 5.56 Å². The Labute approximate surface area is 169 Å². The van der Waals surface area contributed by atoms with Crippen molar-refractivity contribution in [3.05, 3.63) is 46.6 Å². The summed E-state index contributed by atoms with van der Waals surface area (Å²) in [7, 11) is -3.45. The molecular weight excluding hydrogens is 392 g/mol. The number of hydrogen-bond acceptors (Lipinski definition) is 5. The lowest BCUT2D eigenvalue weighted by atomic mass is 9.98. The first kappa shape index (κ1) is 19.5. The average Bonchev–Trinajstić information content (AvgIpc) is 3.00. The van der Waals surface area contributed by atoms with Gasteiger partial charge in [-0.2, -0.15) is 0 Å². The van der Waals surface area contributed by atoms with Crippen LogP contribution in [-0.2, 0) is 10.0 Å². The lowest BCUT2D eigenvalue weighted by molar-refractivity contribution is 0.149. The Morgan fingerprint density at radius 3 is 2.72 bits per heavy atom. The Kier molecular flexibility index (Phi) is 5.08. The smallest absolute Gasteiger partial charge is 0.272 e. The second-order valence-corrected chi connectivity index (χ2v) is 9.30. The van der Waals surface area contributed by atoms with Crippen molar-refractivity contribution in [3.63, 3.8) is 0 Å². The van der Waals surface area contributed by atoms with Crippen LogP contribution in [0.3, 0.4) is 0 Å². The van der Waals surface area contributed by atoms with Crippen LogP contribution in [-0.4, -0.2) is 35.1 Å². The molecule has 1 aliphatic rings. The van der Waals surface area contributed by atoms with Crippen molar-refractivity contribution in [2.75, 3.05) is 11.0 Å². The Morgan fingerprint density at radius 2 is 2.00 bits per heavy atom. The predicted octanol–water partition coefficient (Wildman–Crippen LogP) is 3.08. The third-order valence-corrected chi connectivity index (χ3v) is 5.75. The number of fused-ring (bicyclic) bond motifs is 1. The van der Waals surface area contributed by atoms with Crippen molar-refractivity contribution in [1.29, 1.82) is 0 Å². The average molecular weight is 417 g/mol. The van der Waals surface area contributed by atoms with Crippen molar-refractivity contribution >= 4 is 21.2 Å². The molecule has 0 saturated heterocycles. The summed E-state index contributed by atoms with van der Waals surface area (Å²) in [4.78, 5) is 19.4. The highest BCUT2D eigenvalue weighted by atomic mass is 32.2. The van der Waals surface area contributed by atoms with Crippen LogP contribution in [0.4, 0.5) is 5.69 Å². The minimum atomic E-state index is -3.45. The largest absolute Gasteiger partial charge is 0.474 e. The van der Waals surface area contributed by atoms with Crippen molar-refractivity contribution in [1.82, 2.24) is 14.4 Å². The van der Waals surface area contributed by atoms with Gasteiger partial charge in [0.1, 0.15) is 11.6 Å². The maximum Gasteiger partial charge on any atom is 0.272 e. The second kappa shape index (κ2) is 7.55. The minimum absolute atomic E-state index is 0.0828. The summed E-state index contributed by atoms with van der Waals surface area (Å²) < 4.78 is 33.9. The van der Waals surface area contributed by atoms with Gasteiger partial charge in [-0.1, -0.05) is 6.42 Å². The number of aromatic nitrogens is 3. The van der Waals surface area contributed by atoms with Crippen LogP contribution in [0.25, 0.3) is 16.8 Å².